The second-order valence-corrected chi connectivity index (χ2v) is 11.5. The summed E-state index contributed by atoms with van der Waals surface area (Å²) in [5, 5.41) is 10.3. The molecule has 0 spiro atoms. The van der Waals surface area contributed by atoms with Crippen LogP contribution in [0.2, 0.25) is 0 Å². The molecule has 0 aromatic carbocycles. The minimum absolute atomic E-state index is 0.350. The van der Waals surface area contributed by atoms with Gasteiger partial charge in [0.2, 0.25) is 0 Å². The summed E-state index contributed by atoms with van der Waals surface area (Å²) in [7, 11) is 0. The standard InChI is InChI=1S/C22H38O.C8H16.C2H6/c23-17-22(20-14-8-3-9-15-20)21(19-12-6-2-7-13-19)16-18-10-4-1-5-11-18;1-2-8-6-4-3-5-7-8;1-2/h18-20,23H,1-17H2;8H,2-7H2,1H3;1-2H3/b22-21-;;. The van der Waals surface area contributed by atoms with Gasteiger partial charge in [-0.1, -0.05) is 135 Å². The Morgan fingerprint density at radius 3 is 1.24 bits per heavy atom. The van der Waals surface area contributed by atoms with Crippen LogP contribution in [0.1, 0.15) is 162 Å². The van der Waals surface area contributed by atoms with Gasteiger partial charge < -0.3 is 5.11 Å². The molecule has 1 heteroatoms. The van der Waals surface area contributed by atoms with Crippen LogP contribution in [0.4, 0.5) is 0 Å². The lowest BCUT2D eigenvalue weighted by molar-refractivity contribution is 0.274. The van der Waals surface area contributed by atoms with E-state index in [-0.39, 0.29) is 0 Å². The minimum Gasteiger partial charge on any atom is -0.392 e. The fourth-order valence-corrected chi connectivity index (χ4v) is 7.25. The molecule has 0 bridgehead atoms. The third-order valence-corrected chi connectivity index (χ3v) is 9.31. The van der Waals surface area contributed by atoms with E-state index in [4.69, 9.17) is 0 Å². The third kappa shape index (κ3) is 10.5. The lowest BCUT2D eigenvalue weighted by Crippen LogP contribution is -2.21. The number of aliphatic hydroxyl groups is 1. The monoisotopic (exact) mass is 460 g/mol. The van der Waals surface area contributed by atoms with Gasteiger partial charge >= 0.3 is 0 Å². The first-order valence-corrected chi connectivity index (χ1v) is 15.6. The molecule has 0 unspecified atom stereocenters. The van der Waals surface area contributed by atoms with Gasteiger partial charge in [0.05, 0.1) is 6.61 Å². The lowest BCUT2D eigenvalue weighted by atomic mass is 9.72. The Hall–Kier alpha value is -0.300. The van der Waals surface area contributed by atoms with E-state index in [1.165, 1.54) is 147 Å². The third-order valence-electron chi connectivity index (χ3n) is 9.31. The van der Waals surface area contributed by atoms with Crippen LogP contribution in [-0.4, -0.2) is 11.7 Å². The molecule has 0 aromatic heterocycles. The fourth-order valence-electron chi connectivity index (χ4n) is 7.25. The molecule has 0 aliphatic heterocycles. The summed E-state index contributed by atoms with van der Waals surface area (Å²) in [6, 6.07) is 0. The normalized spacial score (nSPS) is 24.7. The summed E-state index contributed by atoms with van der Waals surface area (Å²) < 4.78 is 0. The van der Waals surface area contributed by atoms with E-state index in [1.807, 2.05) is 13.8 Å². The molecule has 0 radical (unpaired) electrons. The molecule has 0 saturated heterocycles. The summed E-state index contributed by atoms with van der Waals surface area (Å²) >= 11 is 0. The van der Waals surface area contributed by atoms with Crippen molar-refractivity contribution >= 4 is 0 Å². The van der Waals surface area contributed by atoms with E-state index in [0.29, 0.717) is 12.5 Å². The van der Waals surface area contributed by atoms with Gasteiger partial charge in [0.1, 0.15) is 0 Å². The van der Waals surface area contributed by atoms with Gasteiger partial charge in [-0.3, -0.25) is 0 Å². The maximum absolute atomic E-state index is 10.3. The molecule has 1 N–H and O–H groups in total. The van der Waals surface area contributed by atoms with Crippen molar-refractivity contribution in [3.05, 3.63) is 11.1 Å². The largest absolute Gasteiger partial charge is 0.392 e. The summed E-state index contributed by atoms with van der Waals surface area (Å²) in [6.45, 7) is 6.67. The van der Waals surface area contributed by atoms with Crippen LogP contribution < -0.4 is 0 Å². The first kappa shape index (κ1) is 28.9. The van der Waals surface area contributed by atoms with Crippen LogP contribution in [0.3, 0.4) is 0 Å². The summed E-state index contributed by atoms with van der Waals surface area (Å²) in [5.74, 6) is 3.54. The van der Waals surface area contributed by atoms with E-state index in [9.17, 15) is 5.11 Å². The van der Waals surface area contributed by atoms with Gasteiger partial charge in [0, 0.05) is 0 Å². The average Bonchev–Trinajstić information content (AvgIpc) is 2.92. The Morgan fingerprint density at radius 2 is 0.879 bits per heavy atom. The average molecular weight is 461 g/mol. The highest BCUT2D eigenvalue weighted by Crippen LogP contribution is 2.42. The number of allylic oxidation sites excluding steroid dienone is 1. The quantitative estimate of drug-likeness (QED) is 0.391. The van der Waals surface area contributed by atoms with Crippen LogP contribution in [0.5, 0.6) is 0 Å². The Labute approximate surface area is 208 Å². The second kappa shape index (κ2) is 18.0. The van der Waals surface area contributed by atoms with Crippen molar-refractivity contribution in [1.29, 1.82) is 0 Å². The van der Waals surface area contributed by atoms with Crippen molar-refractivity contribution in [3.8, 4) is 0 Å². The molecular formula is C32H60O. The molecule has 0 amide bonds. The maximum Gasteiger partial charge on any atom is 0.0647 e. The highest BCUT2D eigenvalue weighted by molar-refractivity contribution is 5.22. The SMILES string of the molecule is CC.CCC1CCCCC1.OC/C(=C(\CC1CCCCC1)C1CCCCC1)C1CCCCC1. The van der Waals surface area contributed by atoms with E-state index < -0.39 is 0 Å². The van der Waals surface area contributed by atoms with E-state index in [2.05, 4.69) is 6.92 Å². The van der Waals surface area contributed by atoms with Crippen molar-refractivity contribution in [2.75, 3.05) is 6.61 Å². The van der Waals surface area contributed by atoms with E-state index in [0.717, 1.165) is 17.8 Å². The zero-order valence-electron chi connectivity index (χ0n) is 23.0. The zero-order valence-corrected chi connectivity index (χ0v) is 23.0. The Kier molecular flexibility index (Phi) is 15.8. The molecule has 194 valence electrons. The van der Waals surface area contributed by atoms with Gasteiger partial charge in [-0.25, -0.2) is 0 Å². The number of hydrogen-bond acceptors (Lipinski definition) is 1. The first-order valence-electron chi connectivity index (χ1n) is 15.6. The van der Waals surface area contributed by atoms with Crippen molar-refractivity contribution in [3.63, 3.8) is 0 Å². The predicted octanol–water partition coefficient (Wildman–Crippen LogP) is 10.4. The first-order chi connectivity index (χ1) is 16.3. The van der Waals surface area contributed by atoms with Crippen molar-refractivity contribution in [2.45, 2.75) is 162 Å². The summed E-state index contributed by atoms with van der Waals surface area (Å²) in [4.78, 5) is 0. The molecule has 4 aliphatic carbocycles. The topological polar surface area (TPSA) is 20.2 Å². The molecule has 0 heterocycles. The van der Waals surface area contributed by atoms with Crippen LogP contribution in [0, 0.1) is 23.7 Å². The molecule has 4 rings (SSSR count). The fraction of sp³-hybridized carbons (Fsp3) is 0.938. The Morgan fingerprint density at radius 1 is 0.515 bits per heavy atom. The number of rotatable bonds is 6. The molecule has 1 nitrogen and oxygen atoms in total. The summed E-state index contributed by atoms with van der Waals surface area (Å²) in [6.07, 6.45) is 31.4. The van der Waals surface area contributed by atoms with Crippen molar-refractivity contribution in [1.82, 2.24) is 0 Å². The van der Waals surface area contributed by atoms with Gasteiger partial charge in [-0.15, -0.1) is 0 Å². The van der Waals surface area contributed by atoms with Crippen LogP contribution in [-0.2, 0) is 0 Å². The molecule has 4 fully saturated rings. The maximum atomic E-state index is 10.3. The van der Waals surface area contributed by atoms with Crippen LogP contribution in [0.15, 0.2) is 11.1 Å². The molecule has 33 heavy (non-hydrogen) atoms. The van der Waals surface area contributed by atoms with Gasteiger partial charge in [0.15, 0.2) is 0 Å². The highest BCUT2D eigenvalue weighted by atomic mass is 16.3. The molecular weight excluding hydrogens is 400 g/mol. The predicted molar refractivity (Wildman–Crippen MR) is 147 cm³/mol. The number of aliphatic hydroxyl groups excluding tert-OH is 1. The van der Waals surface area contributed by atoms with Gasteiger partial charge in [0.25, 0.3) is 0 Å². The van der Waals surface area contributed by atoms with Gasteiger partial charge in [-0.2, -0.15) is 0 Å². The number of hydrogen-bond donors (Lipinski definition) is 1. The lowest BCUT2D eigenvalue weighted by Gasteiger charge is -2.34. The Bertz CT molecular complexity index is 483. The van der Waals surface area contributed by atoms with Crippen LogP contribution in [0.25, 0.3) is 0 Å². The highest BCUT2D eigenvalue weighted by Gasteiger charge is 2.28. The van der Waals surface area contributed by atoms with Crippen molar-refractivity contribution in [2.24, 2.45) is 23.7 Å². The smallest absolute Gasteiger partial charge is 0.0647 e. The van der Waals surface area contributed by atoms with E-state index >= 15 is 0 Å². The second-order valence-electron chi connectivity index (χ2n) is 11.5. The van der Waals surface area contributed by atoms with E-state index in [1.54, 1.807) is 5.57 Å². The Balaban J connectivity index is 0.000000323. The molecule has 4 saturated carbocycles. The zero-order chi connectivity index (χ0) is 23.7. The molecule has 0 aromatic rings. The van der Waals surface area contributed by atoms with Crippen molar-refractivity contribution < 1.29 is 5.11 Å². The minimum atomic E-state index is 0.350. The molecule has 4 aliphatic rings. The molecule has 0 atom stereocenters. The van der Waals surface area contributed by atoms with Crippen LogP contribution >= 0.6 is 0 Å². The van der Waals surface area contributed by atoms with Gasteiger partial charge in [-0.05, 0) is 61.3 Å². The summed E-state index contributed by atoms with van der Waals surface area (Å²) in [5.41, 5.74) is 3.27.